The van der Waals surface area contributed by atoms with Crippen molar-refractivity contribution in [2.24, 2.45) is 0 Å². The minimum absolute atomic E-state index is 0. The molecule has 38 heavy (non-hydrogen) atoms. The zero-order valence-electron chi connectivity index (χ0n) is 22.1. The summed E-state index contributed by atoms with van der Waals surface area (Å²) >= 11 is 2.06. The van der Waals surface area contributed by atoms with Crippen LogP contribution in [0.1, 0.15) is 44.9 Å². The highest BCUT2D eigenvalue weighted by Crippen LogP contribution is 2.47. The lowest BCUT2D eigenvalue weighted by molar-refractivity contribution is -0.131. The third kappa shape index (κ3) is 6.14. The molecule has 5 nitrogen and oxygen atoms in total. The van der Waals surface area contributed by atoms with E-state index in [0.29, 0.717) is 10.7 Å². The van der Waals surface area contributed by atoms with Crippen molar-refractivity contribution in [2.75, 3.05) is 50.0 Å². The van der Waals surface area contributed by atoms with E-state index in [9.17, 15) is 4.79 Å². The largest absolute Gasteiger partial charge is 0.367 e. The minimum atomic E-state index is 0. The monoisotopic (exact) mass is 574 g/mol. The molecule has 0 unspecified atom stereocenters. The minimum Gasteiger partial charge on any atom is -0.367 e. The van der Waals surface area contributed by atoms with Gasteiger partial charge in [0.15, 0.2) is 0 Å². The topological polar surface area (TPSA) is 31.7 Å². The molecule has 8 heteroatoms. The number of piperazine rings is 1. The first kappa shape index (κ1) is 29.1. The highest BCUT2D eigenvalue weighted by atomic mass is 35.5. The number of carbonyl (C=O) groups is 1. The Bertz CT molecular complexity index is 1190. The summed E-state index contributed by atoms with van der Waals surface area (Å²) in [5.41, 5.74) is 3.82. The maximum Gasteiger partial charge on any atom is 0.224 e. The van der Waals surface area contributed by atoms with Gasteiger partial charge in [0, 0.05) is 61.2 Å². The second-order valence-electron chi connectivity index (χ2n) is 10.8. The van der Waals surface area contributed by atoms with Gasteiger partial charge in [-0.05, 0) is 50.4 Å². The average molecular weight is 576 g/mol. The molecule has 0 radical (unpaired) electrons. The van der Waals surface area contributed by atoms with E-state index in [1.807, 2.05) is 0 Å². The van der Waals surface area contributed by atoms with Crippen LogP contribution in [0, 0.1) is 0 Å². The van der Waals surface area contributed by atoms with Gasteiger partial charge in [0.1, 0.15) is 0 Å². The molecule has 2 aromatic carbocycles. The van der Waals surface area contributed by atoms with Crippen molar-refractivity contribution in [3.63, 3.8) is 0 Å². The second kappa shape index (κ2) is 13.0. The van der Waals surface area contributed by atoms with E-state index in [1.54, 1.807) is 0 Å². The van der Waals surface area contributed by atoms with E-state index in [4.69, 9.17) is 0 Å². The number of halogens is 2. The zero-order valence-corrected chi connectivity index (χ0v) is 24.5. The Hall–Kier alpha value is -1.86. The van der Waals surface area contributed by atoms with Crippen LogP contribution in [0.15, 0.2) is 60.8 Å². The van der Waals surface area contributed by atoms with Gasteiger partial charge in [-0.1, -0.05) is 49.2 Å². The van der Waals surface area contributed by atoms with E-state index in [1.165, 1.54) is 54.4 Å². The summed E-state index contributed by atoms with van der Waals surface area (Å²) in [5, 5.41) is 1.33. The average Bonchev–Trinajstić information content (AvgIpc) is 3.54. The van der Waals surface area contributed by atoms with Gasteiger partial charge in [-0.25, -0.2) is 0 Å². The zero-order chi connectivity index (χ0) is 24.4. The van der Waals surface area contributed by atoms with Gasteiger partial charge in [-0.3, -0.25) is 9.69 Å². The van der Waals surface area contributed by atoms with Gasteiger partial charge >= 0.3 is 0 Å². The Kier molecular flexibility index (Phi) is 9.96. The molecule has 1 aromatic heterocycles. The van der Waals surface area contributed by atoms with Crippen LogP contribution in [0.25, 0.3) is 16.6 Å². The molecule has 3 aromatic rings. The summed E-state index contributed by atoms with van der Waals surface area (Å²) < 4.78 is 2.62. The number of aromatic nitrogens is 1. The molecule has 2 aliphatic heterocycles. The Morgan fingerprint density at radius 3 is 2.24 bits per heavy atom. The smallest absolute Gasteiger partial charge is 0.224 e. The first-order valence-corrected chi connectivity index (χ1v) is 14.7. The van der Waals surface area contributed by atoms with Crippen molar-refractivity contribution in [1.29, 1.82) is 0 Å². The maximum absolute atomic E-state index is 12.7. The fraction of sp³-hybridized carbons (Fsp3) is 0.500. The summed E-state index contributed by atoms with van der Waals surface area (Å²) in [7, 11) is 0. The van der Waals surface area contributed by atoms with Crippen molar-refractivity contribution >= 4 is 59.1 Å². The number of anilines is 1. The quantitative estimate of drug-likeness (QED) is 0.297. The van der Waals surface area contributed by atoms with Crippen molar-refractivity contribution in [1.82, 2.24) is 14.4 Å². The Balaban J connectivity index is 0.00000168. The fourth-order valence-corrected chi connectivity index (χ4v) is 7.83. The molecule has 6 rings (SSSR count). The number of hydrogen-bond donors (Lipinski definition) is 0. The number of unbranched alkanes of at least 4 members (excludes halogenated alkanes) is 1. The lowest BCUT2D eigenvalue weighted by Crippen LogP contribution is -2.47. The summed E-state index contributed by atoms with van der Waals surface area (Å²) in [4.78, 5) is 20.0. The van der Waals surface area contributed by atoms with Crippen molar-refractivity contribution in [2.45, 2.75) is 49.7 Å². The predicted molar refractivity (Wildman–Crippen MR) is 166 cm³/mol. The van der Waals surface area contributed by atoms with Crippen LogP contribution in [-0.2, 0) is 4.79 Å². The molecule has 1 amide bonds. The Labute approximate surface area is 243 Å². The highest BCUT2D eigenvalue weighted by molar-refractivity contribution is 8.00. The number of carbonyl (C=O) groups excluding carboxylic acids is 1. The van der Waals surface area contributed by atoms with Crippen LogP contribution in [0.2, 0.25) is 0 Å². The van der Waals surface area contributed by atoms with Gasteiger partial charge < -0.3 is 14.4 Å². The van der Waals surface area contributed by atoms with E-state index in [-0.39, 0.29) is 24.8 Å². The molecule has 3 aliphatic rings. The number of benzene rings is 2. The summed E-state index contributed by atoms with van der Waals surface area (Å²) in [6, 6.07) is 19.4. The molecule has 0 N–H and O–H groups in total. The molecule has 1 saturated carbocycles. The van der Waals surface area contributed by atoms with Crippen LogP contribution in [0.3, 0.4) is 0 Å². The van der Waals surface area contributed by atoms with Crippen molar-refractivity contribution in [3.8, 4) is 5.69 Å². The van der Waals surface area contributed by atoms with Crippen LogP contribution in [0.4, 0.5) is 5.69 Å². The second-order valence-corrected chi connectivity index (χ2v) is 12.2. The maximum atomic E-state index is 12.7. The number of hydrogen-bond acceptors (Lipinski definition) is 4. The molecule has 1 spiro atoms. The molecule has 0 atom stereocenters. The highest BCUT2D eigenvalue weighted by Gasteiger charge is 2.41. The van der Waals surface area contributed by atoms with E-state index in [2.05, 4.69) is 91.8 Å². The van der Waals surface area contributed by atoms with E-state index in [0.717, 1.165) is 58.0 Å². The SMILES string of the molecule is Cl.Cl.O=C1CC2(CCCC2)SCN1CCCCN1CCN(c2cn(-c3ccccc3)c3ccccc23)CC1. The van der Waals surface area contributed by atoms with Crippen molar-refractivity contribution < 1.29 is 4.79 Å². The molecule has 2 saturated heterocycles. The summed E-state index contributed by atoms with van der Waals surface area (Å²) in [5.74, 6) is 1.31. The van der Waals surface area contributed by atoms with Crippen LogP contribution < -0.4 is 4.90 Å². The van der Waals surface area contributed by atoms with E-state index < -0.39 is 0 Å². The van der Waals surface area contributed by atoms with Crippen molar-refractivity contribution in [3.05, 3.63) is 60.8 Å². The molecule has 206 valence electrons. The van der Waals surface area contributed by atoms with Crippen LogP contribution in [-0.4, -0.2) is 70.2 Å². The number of rotatable bonds is 7. The summed E-state index contributed by atoms with van der Waals surface area (Å²) in [6.07, 6.45) is 10.5. The number of fused-ring (bicyclic) bond motifs is 1. The lowest BCUT2D eigenvalue weighted by atomic mass is 10.0. The predicted octanol–water partition coefficient (Wildman–Crippen LogP) is 6.61. The molecule has 3 fully saturated rings. The van der Waals surface area contributed by atoms with Crippen LogP contribution in [0.5, 0.6) is 0 Å². The molecule has 1 aliphatic carbocycles. The third-order valence-electron chi connectivity index (χ3n) is 8.46. The molecular weight excluding hydrogens is 535 g/mol. The van der Waals surface area contributed by atoms with Gasteiger partial charge in [-0.2, -0.15) is 0 Å². The first-order chi connectivity index (χ1) is 17.7. The standard InChI is InChI=1S/C30H38N4OS.2ClH/c35-29-22-30(14-6-7-15-30)36-24-33(29)17-9-8-16-31-18-20-32(21-19-31)28-23-34(25-10-2-1-3-11-25)27-13-5-4-12-26(27)28;;/h1-5,10-13,23H,6-9,14-22,24H2;2*1H. The van der Waals surface area contributed by atoms with Gasteiger partial charge in [0.25, 0.3) is 0 Å². The summed E-state index contributed by atoms with van der Waals surface area (Å²) in [6.45, 7) is 6.40. The molecular formula is C30H40Cl2N4OS. The van der Waals surface area contributed by atoms with Gasteiger partial charge in [0.2, 0.25) is 5.91 Å². The molecule has 0 bridgehead atoms. The third-order valence-corrected chi connectivity index (χ3v) is 10.1. The normalized spacial score (nSPS) is 19.5. The van der Waals surface area contributed by atoms with Gasteiger partial charge in [-0.15, -0.1) is 36.6 Å². The van der Waals surface area contributed by atoms with E-state index >= 15 is 0 Å². The first-order valence-electron chi connectivity index (χ1n) is 13.8. The van der Waals surface area contributed by atoms with Crippen LogP contribution >= 0.6 is 36.6 Å². The molecule has 3 heterocycles. The van der Waals surface area contributed by atoms with Gasteiger partial charge in [0.05, 0.1) is 17.1 Å². The fourth-order valence-electron chi connectivity index (χ4n) is 6.32. The number of nitrogens with zero attached hydrogens (tertiary/aromatic N) is 4. The Morgan fingerprint density at radius 2 is 1.50 bits per heavy atom. The Morgan fingerprint density at radius 1 is 0.816 bits per heavy atom. The number of para-hydroxylation sites is 2. The number of thioether (sulfide) groups is 1. The number of amides is 1. The lowest BCUT2D eigenvalue weighted by Gasteiger charge is -2.38.